The molecule has 0 saturated carbocycles. The van der Waals surface area contributed by atoms with Crippen molar-refractivity contribution in [1.29, 1.82) is 0 Å². The van der Waals surface area contributed by atoms with Gasteiger partial charge in [0.05, 0.1) is 6.42 Å². The van der Waals surface area contributed by atoms with Gasteiger partial charge in [-0.3, -0.25) is 19.2 Å². The average molecular weight is 595 g/mol. The molecule has 12 heteroatoms. The molecule has 0 unspecified atom stereocenters. The lowest BCUT2D eigenvalue weighted by Crippen LogP contribution is -2.56. The zero-order valence-electron chi connectivity index (χ0n) is 25.1. The van der Waals surface area contributed by atoms with E-state index in [0.717, 1.165) is 5.56 Å². The van der Waals surface area contributed by atoms with Gasteiger partial charge in [0, 0.05) is 0 Å². The summed E-state index contributed by atoms with van der Waals surface area (Å²) in [7, 11) is 0. The number of oxazole rings is 1. The van der Waals surface area contributed by atoms with Gasteiger partial charge in [-0.1, -0.05) is 56.3 Å². The van der Waals surface area contributed by atoms with Crippen LogP contribution in [-0.4, -0.2) is 58.4 Å². The van der Waals surface area contributed by atoms with E-state index in [-0.39, 0.29) is 18.4 Å². The van der Waals surface area contributed by atoms with Gasteiger partial charge in [0.1, 0.15) is 35.9 Å². The van der Waals surface area contributed by atoms with E-state index in [4.69, 9.17) is 13.9 Å². The number of benzene rings is 2. The molecule has 0 radical (unpaired) electrons. The third-order valence-corrected chi connectivity index (χ3v) is 6.12. The molecule has 3 amide bonds. The number of aromatic nitrogens is 1. The van der Waals surface area contributed by atoms with Gasteiger partial charge in [0.25, 0.3) is 5.89 Å². The second-order valence-corrected chi connectivity index (χ2v) is 11.4. The van der Waals surface area contributed by atoms with E-state index in [9.17, 15) is 24.0 Å². The van der Waals surface area contributed by atoms with Crippen molar-refractivity contribution in [1.82, 2.24) is 20.9 Å². The molecule has 0 bridgehead atoms. The number of hydrogen-bond donors (Lipinski definition) is 3. The van der Waals surface area contributed by atoms with Crippen molar-refractivity contribution in [2.45, 2.75) is 78.3 Å². The zero-order valence-corrected chi connectivity index (χ0v) is 25.1. The number of carbonyl (C=O) groups excluding carboxylic acids is 5. The minimum absolute atomic E-state index is 0.0189. The molecule has 0 saturated heterocycles. The number of rotatable bonds is 12. The van der Waals surface area contributed by atoms with Crippen LogP contribution < -0.4 is 16.0 Å². The number of fused-ring (bicyclic) bond motifs is 1. The number of hydrogen-bond acceptors (Lipinski definition) is 9. The van der Waals surface area contributed by atoms with E-state index < -0.39 is 59.8 Å². The van der Waals surface area contributed by atoms with Crippen molar-refractivity contribution in [2.75, 3.05) is 0 Å². The Labute approximate surface area is 249 Å². The molecule has 0 aliphatic heterocycles. The Hall–Kier alpha value is -4.74. The van der Waals surface area contributed by atoms with Gasteiger partial charge in [-0.2, -0.15) is 0 Å². The Bertz CT molecular complexity index is 1410. The number of alkyl carbamates (subject to hydrolysis) is 1. The molecule has 0 fully saturated rings. The van der Waals surface area contributed by atoms with Crippen LogP contribution in [0.5, 0.6) is 0 Å². The highest BCUT2D eigenvalue weighted by molar-refractivity contribution is 6.02. The normalized spacial score (nSPS) is 13.5. The van der Waals surface area contributed by atoms with Crippen LogP contribution >= 0.6 is 0 Å². The lowest BCUT2D eigenvalue weighted by molar-refractivity contribution is -0.155. The zero-order chi connectivity index (χ0) is 31.7. The standard InChI is InChI=1S/C31H38N4O8/c1-18(2)25(35-30(40)41-17-20-12-8-7-9-13-20)28(39)32-19(3)27(38)33-22(16-24(36)43-31(4,5)6)26(37)29-34-21-14-10-11-15-23(21)42-29/h7-15,18-19,22,25H,16-17H2,1-6H3,(H,32,39)(H,33,38)(H,35,40)/t19-,22-,25-/m0/s1. The summed E-state index contributed by atoms with van der Waals surface area (Å²) in [4.78, 5) is 68.7. The van der Waals surface area contributed by atoms with E-state index >= 15 is 0 Å². The lowest BCUT2D eigenvalue weighted by Gasteiger charge is -2.25. The van der Waals surface area contributed by atoms with Crippen molar-refractivity contribution in [2.24, 2.45) is 5.92 Å². The maximum absolute atomic E-state index is 13.4. The maximum Gasteiger partial charge on any atom is 0.408 e. The summed E-state index contributed by atoms with van der Waals surface area (Å²) in [6.45, 7) is 9.91. The van der Waals surface area contributed by atoms with Crippen LogP contribution in [0.4, 0.5) is 4.79 Å². The summed E-state index contributed by atoms with van der Waals surface area (Å²) in [5.41, 5.74) is 0.753. The predicted molar refractivity (Wildman–Crippen MR) is 157 cm³/mol. The summed E-state index contributed by atoms with van der Waals surface area (Å²) in [5.74, 6) is -3.48. The Kier molecular flexibility index (Phi) is 11.0. The Balaban J connectivity index is 1.67. The Morgan fingerprint density at radius 3 is 2.14 bits per heavy atom. The van der Waals surface area contributed by atoms with Gasteiger partial charge >= 0.3 is 12.1 Å². The molecule has 0 aliphatic rings. The average Bonchev–Trinajstić information content (AvgIpc) is 3.37. The third-order valence-electron chi connectivity index (χ3n) is 6.12. The first kappa shape index (κ1) is 32.8. The highest BCUT2D eigenvalue weighted by Crippen LogP contribution is 2.18. The van der Waals surface area contributed by atoms with Gasteiger partial charge in [0.2, 0.25) is 17.6 Å². The molecule has 2 aromatic carbocycles. The highest BCUT2D eigenvalue weighted by atomic mass is 16.6. The molecule has 1 aromatic heterocycles. The smallest absolute Gasteiger partial charge is 0.408 e. The van der Waals surface area contributed by atoms with Gasteiger partial charge in [-0.25, -0.2) is 9.78 Å². The minimum atomic E-state index is -1.39. The van der Waals surface area contributed by atoms with Crippen LogP contribution in [-0.2, 0) is 30.5 Å². The molecule has 43 heavy (non-hydrogen) atoms. The van der Waals surface area contributed by atoms with E-state index in [0.29, 0.717) is 11.1 Å². The first-order valence-electron chi connectivity index (χ1n) is 13.9. The monoisotopic (exact) mass is 594 g/mol. The summed E-state index contributed by atoms with van der Waals surface area (Å²) >= 11 is 0. The van der Waals surface area contributed by atoms with Crippen LogP contribution in [0.2, 0.25) is 0 Å². The quantitative estimate of drug-likeness (QED) is 0.209. The number of Topliss-reactive ketones (excluding diaryl/α,β-unsaturated/α-hetero) is 1. The third kappa shape index (κ3) is 9.94. The number of esters is 1. The molecule has 230 valence electrons. The maximum atomic E-state index is 13.4. The number of amides is 3. The van der Waals surface area contributed by atoms with Crippen LogP contribution in [0.3, 0.4) is 0 Å². The van der Waals surface area contributed by atoms with Crippen molar-refractivity contribution >= 4 is 40.8 Å². The van der Waals surface area contributed by atoms with Gasteiger partial charge < -0.3 is 29.8 Å². The van der Waals surface area contributed by atoms with E-state index in [2.05, 4.69) is 20.9 Å². The highest BCUT2D eigenvalue weighted by Gasteiger charge is 2.33. The van der Waals surface area contributed by atoms with E-state index in [1.807, 2.05) is 18.2 Å². The van der Waals surface area contributed by atoms with Crippen molar-refractivity contribution in [3.05, 3.63) is 66.1 Å². The molecule has 3 aromatic rings. The van der Waals surface area contributed by atoms with Crippen LogP contribution in [0.15, 0.2) is 59.0 Å². The fraction of sp³-hybridized carbons (Fsp3) is 0.419. The molecular weight excluding hydrogens is 556 g/mol. The Morgan fingerprint density at radius 1 is 0.860 bits per heavy atom. The van der Waals surface area contributed by atoms with Crippen molar-refractivity contribution in [3.63, 3.8) is 0 Å². The largest absolute Gasteiger partial charge is 0.460 e. The molecule has 1 heterocycles. The van der Waals surface area contributed by atoms with Crippen LogP contribution in [0.25, 0.3) is 11.1 Å². The second-order valence-electron chi connectivity index (χ2n) is 11.4. The SMILES string of the molecule is CC(C)[C@H](NC(=O)OCc1ccccc1)C(=O)N[C@@H](C)C(=O)N[C@@H](CC(=O)OC(C)(C)C)C(=O)c1nc2ccccc2o1. The molecule has 3 atom stereocenters. The fourth-order valence-electron chi connectivity index (χ4n) is 3.98. The van der Waals surface area contributed by atoms with Crippen molar-refractivity contribution < 1.29 is 37.9 Å². The molecule has 0 spiro atoms. The molecule has 0 aliphatic carbocycles. The minimum Gasteiger partial charge on any atom is -0.460 e. The first-order valence-corrected chi connectivity index (χ1v) is 13.9. The van der Waals surface area contributed by atoms with Crippen LogP contribution in [0.1, 0.15) is 64.2 Å². The van der Waals surface area contributed by atoms with Crippen molar-refractivity contribution in [3.8, 4) is 0 Å². The number of carbonyl (C=O) groups is 5. The van der Waals surface area contributed by atoms with E-state index in [1.54, 1.807) is 71.0 Å². The number of para-hydroxylation sites is 2. The van der Waals surface area contributed by atoms with Crippen LogP contribution in [0, 0.1) is 5.92 Å². The topological polar surface area (TPSA) is 166 Å². The van der Waals surface area contributed by atoms with Gasteiger partial charge in [-0.15, -0.1) is 0 Å². The predicted octanol–water partition coefficient (Wildman–Crippen LogP) is 3.68. The molecule has 3 rings (SSSR count). The number of nitrogens with zero attached hydrogens (tertiary/aromatic N) is 1. The number of ether oxygens (including phenoxy) is 2. The molecule has 12 nitrogen and oxygen atoms in total. The second kappa shape index (κ2) is 14.4. The summed E-state index contributed by atoms with van der Waals surface area (Å²) < 4.78 is 16.1. The number of nitrogens with one attached hydrogen (secondary N) is 3. The van der Waals surface area contributed by atoms with E-state index in [1.165, 1.54) is 6.92 Å². The number of ketones is 1. The molecule has 3 N–H and O–H groups in total. The summed E-state index contributed by atoms with van der Waals surface area (Å²) in [6, 6.07) is 12.2. The van der Waals surface area contributed by atoms with Gasteiger partial charge in [0.15, 0.2) is 5.58 Å². The summed E-state index contributed by atoms with van der Waals surface area (Å²) in [6.07, 6.45) is -1.29. The van der Waals surface area contributed by atoms with Gasteiger partial charge in [-0.05, 0) is 51.3 Å². The fourth-order valence-corrected chi connectivity index (χ4v) is 3.98. The lowest BCUT2D eigenvalue weighted by atomic mass is 10.0. The molecular formula is C31H38N4O8. The Morgan fingerprint density at radius 2 is 1.51 bits per heavy atom. The summed E-state index contributed by atoms with van der Waals surface area (Å²) in [5, 5.41) is 7.59. The first-order chi connectivity index (χ1) is 20.2.